The largest absolute Gasteiger partial charge is 0.367 e. The van der Waals surface area contributed by atoms with Crippen LogP contribution in [0.2, 0.25) is 0 Å². The predicted octanol–water partition coefficient (Wildman–Crippen LogP) is 4.90. The molecule has 2 aliphatic heterocycles. The average molecular weight is 585 g/mol. The third-order valence-corrected chi connectivity index (χ3v) is 8.06. The zero-order valence-electron chi connectivity index (χ0n) is 26.1. The second-order valence-electron chi connectivity index (χ2n) is 12.0. The predicted molar refractivity (Wildman–Crippen MR) is 177 cm³/mol. The Labute approximate surface area is 257 Å². The van der Waals surface area contributed by atoms with Gasteiger partial charge in [-0.15, -0.1) is 5.11 Å². The molecule has 0 unspecified atom stereocenters. The van der Waals surface area contributed by atoms with Gasteiger partial charge in [0.2, 0.25) is 0 Å². The maximum Gasteiger partial charge on any atom is 0.170 e. The summed E-state index contributed by atoms with van der Waals surface area (Å²) in [6.45, 7) is 18.0. The Kier molecular flexibility index (Phi) is 11.4. The number of hydrogen-bond donors (Lipinski definition) is 2. The van der Waals surface area contributed by atoms with Crippen molar-refractivity contribution in [3.8, 4) is 11.4 Å². The number of hydrogen-bond acceptors (Lipinski definition) is 10. The molecule has 230 valence electrons. The molecule has 5 rings (SSSR count). The molecule has 0 atom stereocenters. The van der Waals surface area contributed by atoms with Crippen LogP contribution >= 0.6 is 0 Å². The molecule has 2 aliphatic rings. The first-order chi connectivity index (χ1) is 21.0. The summed E-state index contributed by atoms with van der Waals surface area (Å²) in [5, 5.41) is 16.5. The number of rotatable bonds is 13. The SMILES string of the molecule is CC(C)CN1CCN(CCNc2nc(-c3ccccc3)nc(NCCN3CCN(C)CC3)c2N=Nc2ccccc2)CC1. The highest BCUT2D eigenvalue weighted by atomic mass is 15.3. The Morgan fingerprint density at radius 1 is 0.674 bits per heavy atom. The van der Waals surface area contributed by atoms with Gasteiger partial charge in [-0.05, 0) is 25.1 Å². The lowest BCUT2D eigenvalue weighted by Gasteiger charge is -2.35. The fourth-order valence-electron chi connectivity index (χ4n) is 5.56. The van der Waals surface area contributed by atoms with Gasteiger partial charge in [0.1, 0.15) is 0 Å². The molecule has 0 amide bonds. The molecule has 10 nitrogen and oxygen atoms in total. The third-order valence-electron chi connectivity index (χ3n) is 8.06. The summed E-state index contributed by atoms with van der Waals surface area (Å²) in [4.78, 5) is 20.0. The van der Waals surface area contributed by atoms with E-state index in [1.807, 2.05) is 48.5 Å². The number of aromatic nitrogens is 2. The molecule has 0 spiro atoms. The van der Waals surface area contributed by atoms with Crippen molar-refractivity contribution >= 4 is 23.0 Å². The first-order valence-corrected chi connectivity index (χ1v) is 15.8. The Balaban J connectivity index is 1.35. The topological polar surface area (TPSA) is 87.5 Å². The second kappa shape index (κ2) is 15.9. The molecular formula is C33H48N10. The summed E-state index contributed by atoms with van der Waals surface area (Å²) in [5.74, 6) is 2.78. The van der Waals surface area contributed by atoms with Gasteiger partial charge in [-0.25, -0.2) is 9.97 Å². The van der Waals surface area contributed by atoms with E-state index >= 15 is 0 Å². The molecule has 2 fully saturated rings. The van der Waals surface area contributed by atoms with Gasteiger partial charge in [-0.2, -0.15) is 5.11 Å². The fourth-order valence-corrected chi connectivity index (χ4v) is 5.56. The number of nitrogens with zero attached hydrogens (tertiary/aromatic N) is 8. The molecule has 2 saturated heterocycles. The number of nitrogens with one attached hydrogen (secondary N) is 2. The van der Waals surface area contributed by atoms with E-state index < -0.39 is 0 Å². The maximum absolute atomic E-state index is 4.99. The Bertz CT molecular complexity index is 1270. The Morgan fingerprint density at radius 2 is 1.19 bits per heavy atom. The van der Waals surface area contributed by atoms with Crippen LogP contribution in [0.25, 0.3) is 11.4 Å². The van der Waals surface area contributed by atoms with E-state index in [4.69, 9.17) is 15.1 Å². The van der Waals surface area contributed by atoms with Crippen LogP contribution in [0.4, 0.5) is 23.0 Å². The minimum absolute atomic E-state index is 0.642. The van der Waals surface area contributed by atoms with Crippen LogP contribution in [0, 0.1) is 5.92 Å². The van der Waals surface area contributed by atoms with E-state index in [1.165, 1.54) is 6.54 Å². The van der Waals surface area contributed by atoms with Gasteiger partial charge >= 0.3 is 0 Å². The van der Waals surface area contributed by atoms with E-state index in [0.717, 1.165) is 89.8 Å². The highest BCUT2D eigenvalue weighted by Gasteiger charge is 2.20. The molecule has 0 aliphatic carbocycles. The monoisotopic (exact) mass is 584 g/mol. The highest BCUT2D eigenvalue weighted by molar-refractivity contribution is 5.77. The van der Waals surface area contributed by atoms with Crippen molar-refractivity contribution in [3.63, 3.8) is 0 Å². The van der Waals surface area contributed by atoms with Crippen molar-refractivity contribution in [1.29, 1.82) is 0 Å². The first-order valence-electron chi connectivity index (χ1n) is 15.8. The number of anilines is 2. The third kappa shape index (κ3) is 9.53. The van der Waals surface area contributed by atoms with Gasteiger partial charge in [0.25, 0.3) is 0 Å². The van der Waals surface area contributed by atoms with E-state index in [1.54, 1.807) is 0 Å². The minimum atomic E-state index is 0.642. The molecular weight excluding hydrogens is 536 g/mol. The van der Waals surface area contributed by atoms with E-state index in [0.29, 0.717) is 29.1 Å². The van der Waals surface area contributed by atoms with Crippen molar-refractivity contribution in [2.24, 2.45) is 16.1 Å². The summed E-state index contributed by atoms with van der Waals surface area (Å²) in [6, 6.07) is 20.0. The van der Waals surface area contributed by atoms with Crippen molar-refractivity contribution in [2.45, 2.75) is 13.8 Å². The lowest BCUT2D eigenvalue weighted by molar-refractivity contribution is 0.125. The van der Waals surface area contributed by atoms with Crippen LogP contribution in [0.1, 0.15) is 13.8 Å². The van der Waals surface area contributed by atoms with Crippen LogP contribution in [0.5, 0.6) is 0 Å². The summed E-state index contributed by atoms with van der Waals surface area (Å²) in [7, 11) is 2.19. The lowest BCUT2D eigenvalue weighted by atomic mass is 10.2. The van der Waals surface area contributed by atoms with Crippen molar-refractivity contribution < 1.29 is 0 Å². The van der Waals surface area contributed by atoms with Gasteiger partial charge in [0.05, 0.1) is 5.69 Å². The minimum Gasteiger partial charge on any atom is -0.367 e. The van der Waals surface area contributed by atoms with Gasteiger partial charge < -0.3 is 20.4 Å². The molecule has 0 radical (unpaired) electrons. The van der Waals surface area contributed by atoms with Crippen molar-refractivity contribution in [1.82, 2.24) is 29.6 Å². The van der Waals surface area contributed by atoms with E-state index in [9.17, 15) is 0 Å². The van der Waals surface area contributed by atoms with E-state index in [2.05, 4.69) is 68.4 Å². The smallest absolute Gasteiger partial charge is 0.170 e. The van der Waals surface area contributed by atoms with Gasteiger partial charge in [0, 0.05) is 90.6 Å². The molecule has 0 saturated carbocycles. The lowest BCUT2D eigenvalue weighted by Crippen LogP contribution is -2.48. The Morgan fingerprint density at radius 3 is 1.74 bits per heavy atom. The summed E-state index contributed by atoms with van der Waals surface area (Å²) in [5.41, 5.74) is 2.41. The molecule has 3 heterocycles. The summed E-state index contributed by atoms with van der Waals surface area (Å²) >= 11 is 0. The number of benzene rings is 2. The second-order valence-corrected chi connectivity index (χ2v) is 12.0. The zero-order chi connectivity index (χ0) is 29.9. The molecule has 10 heteroatoms. The van der Waals surface area contributed by atoms with Crippen molar-refractivity contribution in [3.05, 3.63) is 60.7 Å². The van der Waals surface area contributed by atoms with Crippen LogP contribution in [0.15, 0.2) is 70.9 Å². The summed E-state index contributed by atoms with van der Waals surface area (Å²) in [6.07, 6.45) is 0. The number of likely N-dealkylation sites (N-methyl/N-ethyl adjacent to an activating group) is 1. The van der Waals surface area contributed by atoms with Crippen LogP contribution in [-0.4, -0.2) is 122 Å². The van der Waals surface area contributed by atoms with Gasteiger partial charge in [0.15, 0.2) is 23.1 Å². The molecule has 3 aromatic rings. The van der Waals surface area contributed by atoms with Crippen LogP contribution < -0.4 is 10.6 Å². The fraction of sp³-hybridized carbons (Fsp3) is 0.515. The molecule has 2 N–H and O–H groups in total. The number of azo groups is 1. The molecule has 1 aromatic heterocycles. The van der Waals surface area contributed by atoms with Crippen molar-refractivity contribution in [2.75, 3.05) is 103 Å². The zero-order valence-corrected chi connectivity index (χ0v) is 26.1. The Hall–Kier alpha value is -3.44. The van der Waals surface area contributed by atoms with Crippen LogP contribution in [0.3, 0.4) is 0 Å². The normalized spacial score (nSPS) is 17.6. The van der Waals surface area contributed by atoms with Gasteiger partial charge in [-0.3, -0.25) is 9.80 Å². The highest BCUT2D eigenvalue weighted by Crippen LogP contribution is 2.34. The maximum atomic E-state index is 4.99. The molecule has 2 aromatic carbocycles. The average Bonchev–Trinajstić information content (AvgIpc) is 3.03. The van der Waals surface area contributed by atoms with E-state index in [-0.39, 0.29) is 0 Å². The molecule has 43 heavy (non-hydrogen) atoms. The summed E-state index contributed by atoms with van der Waals surface area (Å²) < 4.78 is 0. The molecule has 0 bridgehead atoms. The number of piperazine rings is 2. The quantitative estimate of drug-likeness (QED) is 0.274. The van der Waals surface area contributed by atoms with Gasteiger partial charge in [-0.1, -0.05) is 62.4 Å². The first kappa shape index (κ1) is 31.0. The standard InChI is InChI=1S/C33H48N10/c1-27(2)26-43-24-22-42(23-25-43)17-15-35-33-30(39-38-29-12-8-5-9-13-29)32(34-14-16-41-20-18-40(3)19-21-41)36-31(37-33)28-10-6-4-7-11-28/h4-13,27H,14-26H2,1-3H3,(H2,34,35,36,37). The van der Waals surface area contributed by atoms with Crippen LogP contribution in [-0.2, 0) is 0 Å².